The van der Waals surface area contributed by atoms with Crippen LogP contribution in [0.2, 0.25) is 0 Å². The van der Waals surface area contributed by atoms with Crippen LogP contribution in [0.25, 0.3) is 0 Å². The number of nitrogens with zero attached hydrogens (tertiary/aromatic N) is 2. The number of carbonyl (C=O) groups is 1. The van der Waals surface area contributed by atoms with E-state index in [1.54, 1.807) is 32.9 Å². The van der Waals surface area contributed by atoms with E-state index in [1.165, 1.54) is 18.2 Å². The normalized spacial score (nSPS) is 14.0. The zero-order valence-electron chi connectivity index (χ0n) is 11.5. The number of rotatable bonds is 3. The molecule has 0 aliphatic rings. The lowest BCUT2D eigenvalue weighted by atomic mass is 10.2. The van der Waals surface area contributed by atoms with Crippen molar-refractivity contribution in [3.05, 3.63) is 24.2 Å². The number of carbonyl (C=O) groups excluding carboxylic acids is 1. The molecular formula is C12H19N3O4. The predicted octanol–water partition coefficient (Wildman–Crippen LogP) is 1.93. The van der Waals surface area contributed by atoms with Gasteiger partial charge in [0, 0.05) is 7.05 Å². The zero-order valence-corrected chi connectivity index (χ0v) is 11.5. The van der Waals surface area contributed by atoms with Crippen LogP contribution in [0, 0.1) is 0 Å². The summed E-state index contributed by atoms with van der Waals surface area (Å²) in [4.78, 5) is 13.2. The van der Waals surface area contributed by atoms with Gasteiger partial charge in [0.1, 0.15) is 11.4 Å². The van der Waals surface area contributed by atoms with Crippen molar-refractivity contribution < 1.29 is 19.2 Å². The summed E-state index contributed by atoms with van der Waals surface area (Å²) in [5, 5.41) is 11.7. The van der Waals surface area contributed by atoms with Crippen LogP contribution in [-0.2, 0) is 4.74 Å². The Labute approximate surface area is 111 Å². The van der Waals surface area contributed by atoms with Crippen LogP contribution in [0.1, 0.15) is 32.6 Å². The average Bonchev–Trinajstić information content (AvgIpc) is 2.80. The first-order valence-corrected chi connectivity index (χ1v) is 5.73. The maximum absolute atomic E-state index is 12.0. The molecule has 19 heavy (non-hydrogen) atoms. The predicted molar refractivity (Wildman–Crippen MR) is 68.9 cm³/mol. The zero-order chi connectivity index (χ0) is 14.6. The maximum Gasteiger partial charge on any atom is 0.411 e. The van der Waals surface area contributed by atoms with Crippen molar-refractivity contribution in [2.24, 2.45) is 10.9 Å². The molecule has 0 aromatic carbocycles. The highest BCUT2D eigenvalue weighted by Crippen LogP contribution is 2.22. The van der Waals surface area contributed by atoms with Crippen molar-refractivity contribution in [3.63, 3.8) is 0 Å². The molecule has 106 valence electrons. The molecule has 0 radical (unpaired) electrons. The van der Waals surface area contributed by atoms with Gasteiger partial charge in [-0.2, -0.15) is 0 Å². The molecule has 0 spiro atoms. The molecule has 1 atom stereocenters. The van der Waals surface area contributed by atoms with Crippen LogP contribution in [0.15, 0.2) is 28.0 Å². The first kappa shape index (κ1) is 14.9. The van der Waals surface area contributed by atoms with E-state index in [2.05, 4.69) is 5.16 Å². The third kappa shape index (κ3) is 3.90. The van der Waals surface area contributed by atoms with Gasteiger partial charge in [-0.05, 0) is 32.9 Å². The average molecular weight is 269 g/mol. The van der Waals surface area contributed by atoms with Crippen LogP contribution >= 0.6 is 0 Å². The Bertz CT molecular complexity index is 448. The fourth-order valence-electron chi connectivity index (χ4n) is 1.48. The number of ether oxygens (including phenoxy) is 1. The SMILES string of the molecule is CN(C(=O)OC(C)(C)C)C(/C(N)=N/O)c1ccco1. The highest BCUT2D eigenvalue weighted by molar-refractivity contribution is 5.89. The third-order valence-electron chi connectivity index (χ3n) is 2.28. The molecule has 3 N–H and O–H groups in total. The molecule has 1 aromatic heterocycles. The van der Waals surface area contributed by atoms with Crippen molar-refractivity contribution in [2.45, 2.75) is 32.4 Å². The van der Waals surface area contributed by atoms with Gasteiger partial charge in [-0.1, -0.05) is 5.16 Å². The summed E-state index contributed by atoms with van der Waals surface area (Å²) in [6.07, 6.45) is 0.844. The van der Waals surface area contributed by atoms with E-state index in [0.717, 1.165) is 0 Å². The van der Waals surface area contributed by atoms with Gasteiger partial charge >= 0.3 is 6.09 Å². The molecule has 0 aliphatic heterocycles. The second kappa shape index (κ2) is 5.64. The molecule has 0 saturated heterocycles. The second-order valence-electron chi connectivity index (χ2n) is 5.03. The Balaban J connectivity index is 2.96. The lowest BCUT2D eigenvalue weighted by Gasteiger charge is -2.28. The number of hydrogen-bond acceptors (Lipinski definition) is 5. The van der Waals surface area contributed by atoms with Crippen molar-refractivity contribution >= 4 is 11.9 Å². The van der Waals surface area contributed by atoms with Crippen LogP contribution in [0.3, 0.4) is 0 Å². The minimum absolute atomic E-state index is 0.164. The smallest absolute Gasteiger partial charge is 0.411 e. The third-order valence-corrected chi connectivity index (χ3v) is 2.28. The van der Waals surface area contributed by atoms with E-state index in [4.69, 9.17) is 20.1 Å². The molecule has 1 rings (SSSR count). The van der Waals surface area contributed by atoms with E-state index >= 15 is 0 Å². The second-order valence-corrected chi connectivity index (χ2v) is 5.03. The van der Waals surface area contributed by atoms with Gasteiger partial charge in [-0.15, -0.1) is 0 Å². The van der Waals surface area contributed by atoms with Gasteiger partial charge in [0.15, 0.2) is 11.9 Å². The van der Waals surface area contributed by atoms with E-state index < -0.39 is 17.7 Å². The number of furan rings is 1. The number of nitrogens with two attached hydrogens (primary N) is 1. The summed E-state index contributed by atoms with van der Waals surface area (Å²) in [5.41, 5.74) is 4.97. The molecule has 1 heterocycles. The Morgan fingerprint density at radius 2 is 2.21 bits per heavy atom. The topological polar surface area (TPSA) is 101 Å². The molecule has 7 heteroatoms. The summed E-state index contributed by atoms with van der Waals surface area (Å²) in [5.74, 6) is 0.215. The van der Waals surface area contributed by atoms with E-state index in [-0.39, 0.29) is 5.84 Å². The van der Waals surface area contributed by atoms with Crippen molar-refractivity contribution in [3.8, 4) is 0 Å². The highest BCUT2D eigenvalue weighted by Gasteiger charge is 2.31. The summed E-state index contributed by atoms with van der Waals surface area (Å²) < 4.78 is 10.4. The van der Waals surface area contributed by atoms with Crippen molar-refractivity contribution in [1.29, 1.82) is 0 Å². The number of hydrogen-bond donors (Lipinski definition) is 2. The lowest BCUT2D eigenvalue weighted by Crippen LogP contribution is -2.41. The van der Waals surface area contributed by atoms with Gasteiger partial charge in [-0.25, -0.2) is 4.79 Å². The minimum atomic E-state index is -0.824. The molecule has 1 aromatic rings. The lowest BCUT2D eigenvalue weighted by molar-refractivity contribution is 0.0250. The van der Waals surface area contributed by atoms with E-state index in [0.29, 0.717) is 5.76 Å². The van der Waals surface area contributed by atoms with E-state index in [9.17, 15) is 4.79 Å². The summed E-state index contributed by atoms with van der Waals surface area (Å²) >= 11 is 0. The maximum atomic E-state index is 12.0. The van der Waals surface area contributed by atoms with Crippen molar-refractivity contribution in [1.82, 2.24) is 4.90 Å². The number of amides is 1. The van der Waals surface area contributed by atoms with Crippen LogP contribution in [0.4, 0.5) is 4.79 Å². The van der Waals surface area contributed by atoms with Crippen LogP contribution in [-0.4, -0.2) is 34.7 Å². The van der Waals surface area contributed by atoms with Gasteiger partial charge in [0.25, 0.3) is 0 Å². The first-order valence-electron chi connectivity index (χ1n) is 5.73. The molecule has 0 aliphatic carbocycles. The summed E-state index contributed by atoms with van der Waals surface area (Å²) in [6.45, 7) is 5.26. The van der Waals surface area contributed by atoms with Gasteiger partial charge in [0.05, 0.1) is 6.26 Å². The van der Waals surface area contributed by atoms with Crippen LogP contribution in [0.5, 0.6) is 0 Å². The molecule has 0 bridgehead atoms. The standard InChI is InChI=1S/C12H19N3O4/c1-12(2,3)19-11(16)15(4)9(10(13)14-17)8-6-5-7-18-8/h5-7,9,17H,1-4H3,(H2,13,14). The number of oxime groups is 1. The minimum Gasteiger partial charge on any atom is -0.467 e. The molecule has 0 fully saturated rings. The Morgan fingerprint density at radius 3 is 2.63 bits per heavy atom. The van der Waals surface area contributed by atoms with Crippen LogP contribution < -0.4 is 5.73 Å². The Morgan fingerprint density at radius 1 is 1.58 bits per heavy atom. The van der Waals surface area contributed by atoms with E-state index in [1.807, 2.05) is 0 Å². The highest BCUT2D eigenvalue weighted by atomic mass is 16.6. The molecule has 7 nitrogen and oxygen atoms in total. The van der Waals surface area contributed by atoms with Gasteiger partial charge in [-0.3, -0.25) is 4.90 Å². The number of likely N-dealkylation sites (N-methyl/N-ethyl adjacent to an activating group) is 1. The molecule has 1 unspecified atom stereocenters. The fraction of sp³-hybridized carbons (Fsp3) is 0.500. The largest absolute Gasteiger partial charge is 0.467 e. The summed E-state index contributed by atoms with van der Waals surface area (Å²) in [6, 6.07) is 2.45. The monoisotopic (exact) mass is 269 g/mol. The molecular weight excluding hydrogens is 250 g/mol. The Kier molecular flexibility index (Phi) is 4.42. The van der Waals surface area contributed by atoms with Gasteiger partial charge in [0.2, 0.25) is 0 Å². The fourth-order valence-corrected chi connectivity index (χ4v) is 1.48. The molecule has 0 saturated carbocycles. The quantitative estimate of drug-likeness (QED) is 0.378. The Hall–Kier alpha value is -2.18. The number of amidine groups is 1. The van der Waals surface area contributed by atoms with Crippen molar-refractivity contribution in [2.75, 3.05) is 7.05 Å². The summed E-state index contributed by atoms with van der Waals surface area (Å²) in [7, 11) is 1.49. The molecule has 1 amide bonds. The van der Waals surface area contributed by atoms with Gasteiger partial charge < -0.3 is 20.1 Å². The first-order chi connectivity index (χ1) is 8.76.